The van der Waals surface area contributed by atoms with Crippen molar-refractivity contribution in [1.82, 2.24) is 29.9 Å². The fourth-order valence-corrected chi connectivity index (χ4v) is 6.55. The summed E-state index contributed by atoms with van der Waals surface area (Å²) in [7, 11) is 0. The van der Waals surface area contributed by atoms with E-state index in [1.807, 2.05) is 53.7 Å². The Hall–Kier alpha value is -5.31. The first-order valence-corrected chi connectivity index (χ1v) is 16.9. The quantitative estimate of drug-likeness (QED) is 0.121. The molecule has 0 aliphatic rings. The van der Waals surface area contributed by atoms with Gasteiger partial charge in [0.1, 0.15) is 14.9 Å². The molecule has 0 saturated carbocycles. The summed E-state index contributed by atoms with van der Waals surface area (Å²) < 4.78 is 0. The number of anilines is 6. The second kappa shape index (κ2) is 15.7. The van der Waals surface area contributed by atoms with Gasteiger partial charge in [-0.15, -0.1) is 0 Å². The third-order valence-corrected chi connectivity index (χ3v) is 8.93. The number of rotatable bonds is 8. The van der Waals surface area contributed by atoms with E-state index in [1.165, 1.54) is 52.4 Å². The van der Waals surface area contributed by atoms with Crippen LogP contribution in [0.4, 0.5) is 33.3 Å². The van der Waals surface area contributed by atoms with E-state index in [9.17, 15) is 9.59 Å². The van der Waals surface area contributed by atoms with Crippen molar-refractivity contribution in [1.29, 1.82) is 0 Å². The molecule has 0 unspecified atom stereocenters. The standard InChI is InChI=1S/C17H16ClN5OS.C17H17N5OS/c1-9-4-10(2)15(11(3)5-9)23-16(24)12-6-20-17(25-12)22-14-8-19-7-13(18)21-14;1-10-6-11(2)15(12(3)7-10)22-16(23)13-8-20-17(24-13)21-14-9-18-4-5-19-14/h4-8H,1-3H3,(H,23,24)(H,20,21,22);4-9H,1-3H3,(H,22,23)(H,19,20,21). The Kier molecular flexibility index (Phi) is 11.2. The number of carbonyl (C=O) groups is 2. The van der Waals surface area contributed by atoms with Gasteiger partial charge in [-0.1, -0.05) is 69.7 Å². The van der Waals surface area contributed by atoms with Crippen LogP contribution in [0, 0.1) is 41.5 Å². The van der Waals surface area contributed by atoms with Crippen molar-refractivity contribution < 1.29 is 9.59 Å². The molecule has 0 radical (unpaired) electrons. The first kappa shape index (κ1) is 35.0. The minimum absolute atomic E-state index is 0.172. The number of carbonyl (C=O) groups excluding carboxylic acids is 2. The molecule has 2 amide bonds. The van der Waals surface area contributed by atoms with Gasteiger partial charge in [0.25, 0.3) is 11.8 Å². The third-order valence-electron chi connectivity index (χ3n) is 6.93. The minimum Gasteiger partial charge on any atom is -0.321 e. The molecule has 4 aromatic heterocycles. The highest BCUT2D eigenvalue weighted by Gasteiger charge is 2.15. The molecule has 6 rings (SSSR count). The van der Waals surface area contributed by atoms with Gasteiger partial charge in [0.15, 0.2) is 21.9 Å². The predicted molar refractivity (Wildman–Crippen MR) is 197 cm³/mol. The second-order valence-corrected chi connectivity index (χ2v) is 13.5. The van der Waals surface area contributed by atoms with Gasteiger partial charge in [-0.25, -0.2) is 19.9 Å². The Morgan fingerprint density at radius 2 is 1.06 bits per heavy atom. The molecule has 6 aromatic rings. The van der Waals surface area contributed by atoms with Crippen LogP contribution in [0.15, 0.2) is 67.6 Å². The van der Waals surface area contributed by atoms with E-state index in [1.54, 1.807) is 24.8 Å². The number of thiazole rings is 2. The van der Waals surface area contributed by atoms with Crippen molar-refractivity contribution in [3.8, 4) is 0 Å². The summed E-state index contributed by atoms with van der Waals surface area (Å²) in [6, 6.07) is 8.19. The maximum Gasteiger partial charge on any atom is 0.267 e. The van der Waals surface area contributed by atoms with Crippen LogP contribution >= 0.6 is 34.3 Å². The molecule has 49 heavy (non-hydrogen) atoms. The van der Waals surface area contributed by atoms with Crippen molar-refractivity contribution in [2.45, 2.75) is 41.5 Å². The van der Waals surface area contributed by atoms with Crippen LogP contribution < -0.4 is 21.3 Å². The van der Waals surface area contributed by atoms with Crippen LogP contribution in [0.1, 0.15) is 52.7 Å². The van der Waals surface area contributed by atoms with Crippen LogP contribution in [0.5, 0.6) is 0 Å². The van der Waals surface area contributed by atoms with E-state index in [0.29, 0.717) is 31.7 Å². The lowest BCUT2D eigenvalue weighted by Gasteiger charge is -2.12. The number of amides is 2. The molecule has 0 aliphatic carbocycles. The van der Waals surface area contributed by atoms with Gasteiger partial charge in [-0.3, -0.25) is 19.6 Å². The number of benzene rings is 2. The van der Waals surface area contributed by atoms with Crippen LogP contribution in [0.25, 0.3) is 0 Å². The molecule has 0 spiro atoms. The summed E-state index contributed by atoms with van der Waals surface area (Å²) in [5, 5.41) is 13.4. The number of halogens is 1. The van der Waals surface area contributed by atoms with Crippen molar-refractivity contribution >= 4 is 79.4 Å². The zero-order valence-corrected chi connectivity index (χ0v) is 29.9. The van der Waals surface area contributed by atoms with Crippen molar-refractivity contribution in [2.24, 2.45) is 0 Å². The average Bonchev–Trinajstić information content (AvgIpc) is 3.72. The molecular formula is C34H33ClN10O2S2. The zero-order chi connectivity index (χ0) is 35.1. The number of hydrogen-bond acceptors (Lipinski definition) is 12. The van der Waals surface area contributed by atoms with Gasteiger partial charge in [0.05, 0.1) is 31.0 Å². The van der Waals surface area contributed by atoms with Gasteiger partial charge < -0.3 is 21.3 Å². The molecule has 15 heteroatoms. The van der Waals surface area contributed by atoms with Crippen LogP contribution in [0.3, 0.4) is 0 Å². The Morgan fingerprint density at radius 3 is 1.51 bits per heavy atom. The number of hydrogen-bond donors (Lipinski definition) is 4. The number of aryl methyl sites for hydroxylation is 6. The molecule has 0 aliphatic heterocycles. The molecule has 0 fully saturated rings. The fourth-order valence-electron chi connectivity index (χ4n) is 4.96. The van der Waals surface area contributed by atoms with Gasteiger partial charge in [0.2, 0.25) is 0 Å². The summed E-state index contributed by atoms with van der Waals surface area (Å²) in [4.78, 5) is 50.5. The van der Waals surface area contributed by atoms with Gasteiger partial charge >= 0.3 is 0 Å². The Morgan fingerprint density at radius 1 is 0.592 bits per heavy atom. The largest absolute Gasteiger partial charge is 0.321 e. The lowest BCUT2D eigenvalue weighted by molar-refractivity contribution is 0.102. The maximum atomic E-state index is 12.5. The zero-order valence-electron chi connectivity index (χ0n) is 27.5. The SMILES string of the molecule is Cc1cc(C)c(NC(=O)c2cnc(Nc3cncc(Cl)n3)s2)c(C)c1.Cc1cc(C)c(NC(=O)c2cnc(Nc3cnccn3)s2)c(C)c1. The van der Waals surface area contributed by atoms with E-state index in [0.717, 1.165) is 33.6 Å². The summed E-state index contributed by atoms with van der Waals surface area (Å²) >= 11 is 8.30. The fraction of sp³-hybridized carbons (Fsp3) is 0.176. The monoisotopic (exact) mass is 712 g/mol. The molecule has 2 aromatic carbocycles. The molecule has 4 N–H and O–H groups in total. The normalized spacial score (nSPS) is 10.5. The van der Waals surface area contributed by atoms with Gasteiger partial charge in [0, 0.05) is 23.8 Å². The van der Waals surface area contributed by atoms with Gasteiger partial charge in [-0.2, -0.15) is 0 Å². The third kappa shape index (κ3) is 9.41. The van der Waals surface area contributed by atoms with Crippen LogP contribution in [-0.4, -0.2) is 41.7 Å². The Balaban J connectivity index is 0.000000191. The summed E-state index contributed by atoms with van der Waals surface area (Å²) in [5.41, 5.74) is 8.18. The molecule has 0 bridgehead atoms. The molecule has 4 heterocycles. The van der Waals surface area contributed by atoms with Gasteiger partial charge in [-0.05, 0) is 63.8 Å². The first-order chi connectivity index (χ1) is 23.4. The Labute approximate surface area is 296 Å². The first-order valence-electron chi connectivity index (χ1n) is 14.9. The van der Waals surface area contributed by atoms with E-state index in [4.69, 9.17) is 11.6 Å². The molecular weight excluding hydrogens is 680 g/mol. The Bertz CT molecular complexity index is 2070. The lowest BCUT2D eigenvalue weighted by atomic mass is 10.1. The van der Waals surface area contributed by atoms with E-state index >= 15 is 0 Å². The van der Waals surface area contributed by atoms with E-state index in [2.05, 4.69) is 63.3 Å². The van der Waals surface area contributed by atoms with Crippen molar-refractivity contribution in [3.63, 3.8) is 0 Å². The van der Waals surface area contributed by atoms with E-state index < -0.39 is 0 Å². The summed E-state index contributed by atoms with van der Waals surface area (Å²) in [6.45, 7) is 12.0. The number of nitrogens with zero attached hydrogens (tertiary/aromatic N) is 6. The average molecular weight is 713 g/mol. The lowest BCUT2D eigenvalue weighted by Crippen LogP contribution is -2.12. The second-order valence-electron chi connectivity index (χ2n) is 11.1. The molecule has 250 valence electrons. The molecule has 0 saturated heterocycles. The highest BCUT2D eigenvalue weighted by Crippen LogP contribution is 2.27. The van der Waals surface area contributed by atoms with Crippen molar-refractivity contribution in [3.05, 3.63) is 116 Å². The molecule has 0 atom stereocenters. The molecule has 12 nitrogen and oxygen atoms in total. The number of aromatic nitrogens is 6. The van der Waals surface area contributed by atoms with Crippen LogP contribution in [0.2, 0.25) is 5.15 Å². The predicted octanol–water partition coefficient (Wildman–Crippen LogP) is 8.36. The maximum absolute atomic E-state index is 12.5. The van der Waals surface area contributed by atoms with Crippen molar-refractivity contribution in [2.75, 3.05) is 21.3 Å². The van der Waals surface area contributed by atoms with E-state index in [-0.39, 0.29) is 17.0 Å². The number of nitrogens with one attached hydrogen (secondary N) is 4. The smallest absolute Gasteiger partial charge is 0.267 e. The summed E-state index contributed by atoms with van der Waals surface area (Å²) in [6.07, 6.45) is 10.8. The summed E-state index contributed by atoms with van der Waals surface area (Å²) in [5.74, 6) is 0.690. The highest BCUT2D eigenvalue weighted by atomic mass is 35.5. The van der Waals surface area contributed by atoms with Crippen LogP contribution in [-0.2, 0) is 0 Å². The minimum atomic E-state index is -0.196. The topological polar surface area (TPSA) is 160 Å². The highest BCUT2D eigenvalue weighted by molar-refractivity contribution is 7.18.